The van der Waals surface area contributed by atoms with E-state index < -0.39 is 0 Å². The predicted molar refractivity (Wildman–Crippen MR) is 76.1 cm³/mol. The number of hydrogen-bond acceptors (Lipinski definition) is 3. The zero-order valence-corrected chi connectivity index (χ0v) is 12.1. The SMILES string of the molecule is Cc1ccc(Br)cc1Oc1cc(CN)c(Cl)cn1. The fraction of sp³-hybridized carbons (Fsp3) is 0.154. The molecule has 0 saturated carbocycles. The molecule has 1 aromatic heterocycles. The van der Waals surface area contributed by atoms with Gasteiger partial charge in [-0.1, -0.05) is 33.6 Å². The Morgan fingerprint density at radius 1 is 1.39 bits per heavy atom. The van der Waals surface area contributed by atoms with Crippen LogP contribution in [0.4, 0.5) is 0 Å². The molecule has 0 aliphatic carbocycles. The lowest BCUT2D eigenvalue weighted by Gasteiger charge is -2.09. The third-order valence-electron chi connectivity index (χ3n) is 2.49. The van der Waals surface area contributed by atoms with Crippen LogP contribution in [0.15, 0.2) is 34.9 Å². The van der Waals surface area contributed by atoms with Gasteiger partial charge >= 0.3 is 0 Å². The van der Waals surface area contributed by atoms with Gasteiger partial charge in [0.1, 0.15) is 5.75 Å². The second kappa shape index (κ2) is 5.69. The summed E-state index contributed by atoms with van der Waals surface area (Å²) in [7, 11) is 0. The number of benzene rings is 1. The van der Waals surface area contributed by atoms with Crippen LogP contribution in [0.5, 0.6) is 11.6 Å². The number of pyridine rings is 1. The lowest BCUT2D eigenvalue weighted by molar-refractivity contribution is 0.458. The molecule has 5 heteroatoms. The van der Waals surface area contributed by atoms with E-state index in [1.165, 1.54) is 0 Å². The van der Waals surface area contributed by atoms with Crippen LogP contribution < -0.4 is 10.5 Å². The maximum Gasteiger partial charge on any atom is 0.219 e. The molecule has 0 saturated heterocycles. The van der Waals surface area contributed by atoms with Gasteiger partial charge in [0.15, 0.2) is 0 Å². The number of nitrogens with two attached hydrogens (primary N) is 1. The highest BCUT2D eigenvalue weighted by Gasteiger charge is 2.06. The summed E-state index contributed by atoms with van der Waals surface area (Å²) < 4.78 is 6.69. The van der Waals surface area contributed by atoms with Crippen molar-refractivity contribution >= 4 is 27.5 Å². The Balaban J connectivity index is 2.31. The Hall–Kier alpha value is -1.10. The Morgan fingerprint density at radius 3 is 2.89 bits per heavy atom. The number of aromatic nitrogens is 1. The molecule has 0 aliphatic rings. The molecule has 2 rings (SSSR count). The summed E-state index contributed by atoms with van der Waals surface area (Å²) in [4.78, 5) is 4.13. The Labute approximate surface area is 119 Å². The van der Waals surface area contributed by atoms with Gasteiger partial charge in [0.2, 0.25) is 5.88 Å². The van der Waals surface area contributed by atoms with E-state index in [4.69, 9.17) is 22.1 Å². The minimum absolute atomic E-state index is 0.356. The number of hydrogen-bond donors (Lipinski definition) is 1. The van der Waals surface area contributed by atoms with Gasteiger partial charge in [-0.3, -0.25) is 0 Å². The van der Waals surface area contributed by atoms with Crippen LogP contribution in [0.3, 0.4) is 0 Å². The van der Waals surface area contributed by atoms with Crippen molar-refractivity contribution in [3.8, 4) is 11.6 Å². The average molecular weight is 328 g/mol. The summed E-state index contributed by atoms with van der Waals surface area (Å²) in [5.74, 6) is 1.24. The predicted octanol–water partition coefficient (Wildman–Crippen LogP) is 4.06. The molecular weight excluding hydrogens is 316 g/mol. The van der Waals surface area contributed by atoms with Gasteiger partial charge in [-0.15, -0.1) is 0 Å². The Kier molecular flexibility index (Phi) is 4.22. The maximum atomic E-state index is 5.95. The minimum Gasteiger partial charge on any atom is -0.439 e. The highest BCUT2D eigenvalue weighted by Crippen LogP contribution is 2.28. The van der Waals surface area contributed by atoms with Gasteiger partial charge in [0, 0.05) is 23.3 Å². The van der Waals surface area contributed by atoms with Crippen LogP contribution in [0.1, 0.15) is 11.1 Å². The summed E-state index contributed by atoms with van der Waals surface area (Å²) in [5.41, 5.74) is 7.44. The summed E-state index contributed by atoms with van der Waals surface area (Å²) in [5, 5.41) is 0.552. The molecule has 0 amide bonds. The average Bonchev–Trinajstić information content (AvgIpc) is 2.36. The van der Waals surface area contributed by atoms with Gasteiger partial charge in [0.25, 0.3) is 0 Å². The zero-order chi connectivity index (χ0) is 13.1. The van der Waals surface area contributed by atoms with Crippen LogP contribution in [0.25, 0.3) is 0 Å². The van der Waals surface area contributed by atoms with Crippen molar-refractivity contribution in [2.75, 3.05) is 0 Å². The molecule has 0 atom stereocenters. The minimum atomic E-state index is 0.356. The van der Waals surface area contributed by atoms with Gasteiger partial charge in [-0.2, -0.15) is 0 Å². The third kappa shape index (κ3) is 3.02. The summed E-state index contributed by atoms with van der Waals surface area (Å²) >= 11 is 9.36. The molecule has 94 valence electrons. The van der Waals surface area contributed by atoms with Crippen LogP contribution in [0, 0.1) is 6.92 Å². The molecule has 3 nitrogen and oxygen atoms in total. The smallest absolute Gasteiger partial charge is 0.219 e. The van der Waals surface area contributed by atoms with Crippen molar-refractivity contribution in [2.45, 2.75) is 13.5 Å². The molecule has 0 spiro atoms. The molecule has 1 heterocycles. The maximum absolute atomic E-state index is 5.95. The van der Waals surface area contributed by atoms with Gasteiger partial charge < -0.3 is 10.5 Å². The van der Waals surface area contributed by atoms with E-state index in [0.29, 0.717) is 17.4 Å². The summed E-state index contributed by atoms with van der Waals surface area (Å²) in [6.45, 7) is 2.33. The van der Waals surface area contributed by atoms with E-state index in [-0.39, 0.29) is 0 Å². The third-order valence-corrected chi connectivity index (χ3v) is 3.33. The quantitative estimate of drug-likeness (QED) is 0.925. The molecule has 2 N–H and O–H groups in total. The van der Waals surface area contributed by atoms with E-state index >= 15 is 0 Å². The van der Waals surface area contributed by atoms with E-state index in [0.717, 1.165) is 21.3 Å². The first-order chi connectivity index (χ1) is 8.60. The van der Waals surface area contributed by atoms with E-state index in [1.54, 1.807) is 12.3 Å². The van der Waals surface area contributed by atoms with E-state index in [9.17, 15) is 0 Å². The normalized spacial score (nSPS) is 10.4. The number of aryl methyl sites for hydroxylation is 1. The van der Waals surface area contributed by atoms with Crippen molar-refractivity contribution in [1.82, 2.24) is 4.98 Å². The molecule has 0 fully saturated rings. The Morgan fingerprint density at radius 2 is 2.17 bits per heavy atom. The number of halogens is 2. The standard InChI is InChI=1S/C13H12BrClN2O/c1-8-2-3-10(14)5-12(8)18-13-4-9(6-16)11(15)7-17-13/h2-5,7H,6,16H2,1H3. The van der Waals surface area contributed by atoms with Crippen LogP contribution in [-0.2, 0) is 6.54 Å². The van der Waals surface area contributed by atoms with Crippen molar-refractivity contribution < 1.29 is 4.74 Å². The first kappa shape index (κ1) is 13.3. The molecule has 0 unspecified atom stereocenters. The van der Waals surface area contributed by atoms with Crippen molar-refractivity contribution in [3.05, 3.63) is 51.1 Å². The first-order valence-corrected chi connectivity index (χ1v) is 6.55. The topological polar surface area (TPSA) is 48.1 Å². The summed E-state index contributed by atoms with van der Waals surface area (Å²) in [6.07, 6.45) is 1.55. The molecule has 0 radical (unpaired) electrons. The monoisotopic (exact) mass is 326 g/mol. The lowest BCUT2D eigenvalue weighted by Crippen LogP contribution is -1.99. The highest BCUT2D eigenvalue weighted by atomic mass is 79.9. The molecular formula is C13H12BrClN2O. The van der Waals surface area contributed by atoms with E-state index in [2.05, 4.69) is 20.9 Å². The highest BCUT2D eigenvalue weighted by molar-refractivity contribution is 9.10. The number of ether oxygens (including phenoxy) is 1. The van der Waals surface area contributed by atoms with Crippen LogP contribution in [0.2, 0.25) is 5.02 Å². The largest absolute Gasteiger partial charge is 0.439 e. The molecule has 1 aromatic carbocycles. The van der Waals surface area contributed by atoms with Crippen LogP contribution in [-0.4, -0.2) is 4.98 Å². The molecule has 18 heavy (non-hydrogen) atoms. The fourth-order valence-electron chi connectivity index (χ4n) is 1.47. The number of nitrogens with zero attached hydrogens (tertiary/aromatic N) is 1. The number of rotatable bonds is 3. The van der Waals surface area contributed by atoms with Crippen LogP contribution >= 0.6 is 27.5 Å². The van der Waals surface area contributed by atoms with Crippen molar-refractivity contribution in [1.29, 1.82) is 0 Å². The lowest BCUT2D eigenvalue weighted by atomic mass is 10.2. The second-order valence-electron chi connectivity index (χ2n) is 3.83. The van der Waals surface area contributed by atoms with Crippen molar-refractivity contribution in [3.63, 3.8) is 0 Å². The van der Waals surface area contributed by atoms with Gasteiger partial charge in [-0.25, -0.2) is 4.98 Å². The van der Waals surface area contributed by atoms with Crippen molar-refractivity contribution in [2.24, 2.45) is 5.73 Å². The molecule has 2 aromatic rings. The van der Waals surface area contributed by atoms with Gasteiger partial charge in [0.05, 0.1) is 5.02 Å². The zero-order valence-electron chi connectivity index (χ0n) is 9.78. The molecule has 0 bridgehead atoms. The Bertz CT molecular complexity index is 575. The second-order valence-corrected chi connectivity index (χ2v) is 5.15. The van der Waals surface area contributed by atoms with E-state index in [1.807, 2.05) is 25.1 Å². The summed E-state index contributed by atoms with van der Waals surface area (Å²) in [6, 6.07) is 7.58. The first-order valence-electron chi connectivity index (χ1n) is 5.38. The fourth-order valence-corrected chi connectivity index (χ4v) is 1.99. The molecule has 0 aliphatic heterocycles. The van der Waals surface area contributed by atoms with Gasteiger partial charge in [-0.05, 0) is 30.2 Å².